The summed E-state index contributed by atoms with van der Waals surface area (Å²) in [5, 5.41) is 9.40. The smallest absolute Gasteiger partial charge is 0.326 e. The minimum Gasteiger partial charge on any atom is -0.359 e. The average molecular weight is 295 g/mol. The van der Waals surface area contributed by atoms with E-state index in [9.17, 15) is 4.79 Å². The van der Waals surface area contributed by atoms with Gasteiger partial charge < -0.3 is 4.52 Å². The van der Waals surface area contributed by atoms with Crippen molar-refractivity contribution >= 4 is 29.3 Å². The van der Waals surface area contributed by atoms with E-state index in [2.05, 4.69) is 20.8 Å². The molecule has 0 aliphatic carbocycles. The Kier molecular flexibility index (Phi) is 3.94. The number of rotatable bonds is 2. The Balaban J connectivity index is 2.00. The number of pyridine rings is 1. The van der Waals surface area contributed by atoms with Gasteiger partial charge in [0.1, 0.15) is 11.6 Å². The number of carbonyl (C=O) groups excluding carboxylic acids is 1. The summed E-state index contributed by atoms with van der Waals surface area (Å²) in [5.74, 6) is 1.39. The van der Waals surface area contributed by atoms with Crippen molar-refractivity contribution < 1.29 is 9.32 Å². The van der Waals surface area contributed by atoms with Crippen LogP contribution in [0.5, 0.6) is 0 Å². The van der Waals surface area contributed by atoms with E-state index in [-0.39, 0.29) is 5.41 Å². The van der Waals surface area contributed by atoms with E-state index in [1.165, 1.54) is 6.20 Å². The molecule has 0 atom stereocenters. The third-order valence-electron chi connectivity index (χ3n) is 2.45. The molecule has 2 rings (SSSR count). The van der Waals surface area contributed by atoms with Crippen LogP contribution < -0.4 is 10.6 Å². The number of amides is 2. The quantitative estimate of drug-likeness (QED) is 0.885. The van der Waals surface area contributed by atoms with Gasteiger partial charge in [-0.15, -0.1) is 0 Å². The normalized spacial score (nSPS) is 11.2. The van der Waals surface area contributed by atoms with Crippen molar-refractivity contribution in [3.05, 3.63) is 35.2 Å². The van der Waals surface area contributed by atoms with Crippen molar-refractivity contribution in [1.82, 2.24) is 10.1 Å². The van der Waals surface area contributed by atoms with Gasteiger partial charge in [0.2, 0.25) is 0 Å². The summed E-state index contributed by atoms with van der Waals surface area (Å²) in [6.45, 7) is 5.98. The van der Waals surface area contributed by atoms with Crippen molar-refractivity contribution in [2.75, 3.05) is 10.6 Å². The topological polar surface area (TPSA) is 80.0 Å². The number of hydrogen-bond donors (Lipinski definition) is 2. The van der Waals surface area contributed by atoms with E-state index in [1.807, 2.05) is 20.8 Å². The van der Waals surface area contributed by atoms with Crippen LogP contribution in [0.4, 0.5) is 16.4 Å². The lowest BCUT2D eigenvalue weighted by Gasteiger charge is -2.12. The van der Waals surface area contributed by atoms with Crippen LogP contribution in [0.15, 0.2) is 28.9 Å². The number of hydrogen-bond acceptors (Lipinski definition) is 4. The van der Waals surface area contributed by atoms with Gasteiger partial charge in [-0.3, -0.25) is 10.6 Å². The minimum atomic E-state index is -0.464. The zero-order chi connectivity index (χ0) is 14.8. The van der Waals surface area contributed by atoms with E-state index < -0.39 is 6.03 Å². The van der Waals surface area contributed by atoms with Gasteiger partial charge in [0.15, 0.2) is 5.82 Å². The molecule has 2 N–H and O–H groups in total. The van der Waals surface area contributed by atoms with Gasteiger partial charge in [-0.25, -0.2) is 9.78 Å². The molecule has 6 nitrogen and oxygen atoms in total. The van der Waals surface area contributed by atoms with Gasteiger partial charge in [-0.1, -0.05) is 37.5 Å². The zero-order valence-electron chi connectivity index (χ0n) is 11.4. The second kappa shape index (κ2) is 5.50. The second-order valence-electron chi connectivity index (χ2n) is 5.26. The van der Waals surface area contributed by atoms with E-state index >= 15 is 0 Å². The number of aromatic nitrogens is 2. The minimum absolute atomic E-state index is 0.169. The Morgan fingerprint density at radius 3 is 2.55 bits per heavy atom. The molecule has 0 bridgehead atoms. The van der Waals surface area contributed by atoms with Crippen LogP contribution in [-0.4, -0.2) is 16.2 Å². The summed E-state index contributed by atoms with van der Waals surface area (Å²) in [4.78, 5) is 15.7. The zero-order valence-corrected chi connectivity index (χ0v) is 12.2. The fourth-order valence-electron chi connectivity index (χ4n) is 1.42. The van der Waals surface area contributed by atoms with Crippen LogP contribution in [0.1, 0.15) is 26.5 Å². The molecular formula is C13H15ClN4O2. The first-order valence-electron chi connectivity index (χ1n) is 6.01. The molecule has 106 valence electrons. The van der Waals surface area contributed by atoms with Crippen LogP contribution in [-0.2, 0) is 5.41 Å². The van der Waals surface area contributed by atoms with Crippen molar-refractivity contribution in [3.8, 4) is 0 Å². The average Bonchev–Trinajstić information content (AvgIpc) is 2.76. The van der Waals surface area contributed by atoms with Gasteiger partial charge in [0.05, 0.1) is 0 Å². The maximum absolute atomic E-state index is 11.8. The van der Waals surface area contributed by atoms with E-state index in [1.54, 1.807) is 18.2 Å². The number of anilines is 2. The molecule has 20 heavy (non-hydrogen) atoms. The molecule has 2 heterocycles. The Labute approximate surface area is 121 Å². The molecule has 2 aromatic rings. The SMILES string of the molecule is CC(C)(C)c1cc(NC(=O)Nc2cc(Cl)ccn2)no1. The van der Waals surface area contributed by atoms with Crippen molar-refractivity contribution in [3.63, 3.8) is 0 Å². The lowest BCUT2D eigenvalue weighted by molar-refractivity contribution is 0.261. The second-order valence-corrected chi connectivity index (χ2v) is 5.70. The molecule has 0 fully saturated rings. The van der Waals surface area contributed by atoms with Gasteiger partial charge in [0, 0.05) is 22.7 Å². The van der Waals surface area contributed by atoms with Crippen molar-refractivity contribution in [2.24, 2.45) is 0 Å². The highest BCUT2D eigenvalue weighted by Crippen LogP contribution is 2.24. The Morgan fingerprint density at radius 2 is 1.95 bits per heavy atom. The standard InChI is InChI=1S/C13H15ClN4O2/c1-13(2,3)9-7-11(18-20-9)17-12(19)16-10-6-8(14)4-5-15-10/h4-7H,1-3H3,(H2,15,16,17,18,19). The number of nitrogens with zero attached hydrogens (tertiary/aromatic N) is 2. The lowest BCUT2D eigenvalue weighted by Crippen LogP contribution is -2.20. The molecule has 7 heteroatoms. The summed E-state index contributed by atoms with van der Waals surface area (Å²) in [7, 11) is 0. The fraction of sp³-hybridized carbons (Fsp3) is 0.308. The molecule has 0 saturated heterocycles. The van der Waals surface area contributed by atoms with Crippen LogP contribution >= 0.6 is 11.6 Å². The molecule has 0 radical (unpaired) electrons. The summed E-state index contributed by atoms with van der Waals surface area (Å²) in [6.07, 6.45) is 1.51. The van der Waals surface area contributed by atoms with Crippen LogP contribution in [0.3, 0.4) is 0 Å². The third kappa shape index (κ3) is 3.71. The highest BCUT2D eigenvalue weighted by Gasteiger charge is 2.20. The molecular weight excluding hydrogens is 280 g/mol. The summed E-state index contributed by atoms with van der Waals surface area (Å²) in [5.41, 5.74) is -0.169. The molecule has 0 aliphatic heterocycles. The first kappa shape index (κ1) is 14.3. The number of nitrogens with one attached hydrogen (secondary N) is 2. The number of urea groups is 1. The summed E-state index contributed by atoms with van der Waals surface area (Å²) >= 11 is 5.80. The highest BCUT2D eigenvalue weighted by molar-refractivity contribution is 6.30. The molecule has 2 aromatic heterocycles. The molecule has 2 amide bonds. The van der Waals surface area contributed by atoms with E-state index in [4.69, 9.17) is 16.1 Å². The molecule has 0 saturated carbocycles. The molecule has 0 aromatic carbocycles. The lowest BCUT2D eigenvalue weighted by atomic mass is 9.93. The predicted octanol–water partition coefficient (Wildman–Crippen LogP) is 3.66. The Morgan fingerprint density at radius 1 is 1.25 bits per heavy atom. The fourth-order valence-corrected chi connectivity index (χ4v) is 1.58. The van der Waals surface area contributed by atoms with Gasteiger partial charge >= 0.3 is 6.03 Å². The van der Waals surface area contributed by atoms with Crippen LogP contribution in [0.2, 0.25) is 5.02 Å². The Hall–Kier alpha value is -2.08. The van der Waals surface area contributed by atoms with Crippen LogP contribution in [0.25, 0.3) is 0 Å². The molecule has 0 spiro atoms. The van der Waals surface area contributed by atoms with Crippen molar-refractivity contribution in [1.29, 1.82) is 0 Å². The van der Waals surface area contributed by atoms with E-state index in [0.29, 0.717) is 22.4 Å². The molecule has 0 aliphatic rings. The van der Waals surface area contributed by atoms with Crippen molar-refractivity contribution in [2.45, 2.75) is 26.2 Å². The van der Waals surface area contributed by atoms with Gasteiger partial charge in [-0.05, 0) is 12.1 Å². The Bertz CT molecular complexity index is 619. The molecule has 0 unspecified atom stereocenters. The predicted molar refractivity (Wildman–Crippen MR) is 77.1 cm³/mol. The maximum atomic E-state index is 11.8. The number of halogens is 1. The summed E-state index contributed by atoms with van der Waals surface area (Å²) < 4.78 is 5.17. The maximum Gasteiger partial charge on any atom is 0.326 e. The first-order chi connectivity index (χ1) is 9.34. The van der Waals surface area contributed by atoms with Gasteiger partial charge in [0.25, 0.3) is 0 Å². The van der Waals surface area contributed by atoms with Crippen LogP contribution in [0, 0.1) is 0 Å². The third-order valence-corrected chi connectivity index (χ3v) is 2.69. The van der Waals surface area contributed by atoms with E-state index in [0.717, 1.165) is 0 Å². The van der Waals surface area contributed by atoms with Gasteiger partial charge in [-0.2, -0.15) is 0 Å². The summed E-state index contributed by atoms with van der Waals surface area (Å²) in [6, 6.07) is 4.39. The monoisotopic (exact) mass is 294 g/mol. The largest absolute Gasteiger partial charge is 0.359 e. The number of carbonyl (C=O) groups is 1. The highest BCUT2D eigenvalue weighted by atomic mass is 35.5. The first-order valence-corrected chi connectivity index (χ1v) is 6.39.